The Balaban J connectivity index is 1.58. The minimum absolute atomic E-state index is 0.168. The molecular weight excluding hydrogens is 460 g/mol. The van der Waals surface area contributed by atoms with E-state index >= 15 is 0 Å². The van der Waals surface area contributed by atoms with Gasteiger partial charge in [-0.15, -0.1) is 0 Å². The molecule has 0 radical (unpaired) electrons. The molecule has 4 heterocycles. The molecule has 0 saturated heterocycles. The van der Waals surface area contributed by atoms with Crippen LogP contribution in [0.5, 0.6) is 0 Å². The van der Waals surface area contributed by atoms with Gasteiger partial charge in [0, 0.05) is 37.4 Å². The number of imidazole rings is 1. The van der Waals surface area contributed by atoms with Crippen LogP contribution in [-0.2, 0) is 24.3 Å². The molecule has 36 heavy (non-hydrogen) atoms. The summed E-state index contributed by atoms with van der Waals surface area (Å²) in [5.41, 5.74) is 1.22. The highest BCUT2D eigenvalue weighted by Gasteiger charge is 2.20. The Bertz CT molecular complexity index is 1510. The zero-order valence-corrected chi connectivity index (χ0v) is 21.5. The van der Waals surface area contributed by atoms with Crippen LogP contribution in [0, 0.1) is 5.92 Å². The van der Waals surface area contributed by atoms with E-state index in [1.165, 1.54) is 4.57 Å². The number of carbonyl (C=O) groups is 1. The van der Waals surface area contributed by atoms with Gasteiger partial charge in [0.05, 0.1) is 18.1 Å². The van der Waals surface area contributed by atoms with E-state index in [1.807, 2.05) is 49.9 Å². The maximum atomic E-state index is 12.8. The number of anilines is 1. The molecule has 0 unspecified atom stereocenters. The average Bonchev–Trinajstić information content (AvgIpc) is 3.39. The predicted molar refractivity (Wildman–Crippen MR) is 139 cm³/mol. The third-order valence-corrected chi connectivity index (χ3v) is 6.03. The van der Waals surface area contributed by atoms with E-state index in [0.29, 0.717) is 42.2 Å². The van der Waals surface area contributed by atoms with Crippen molar-refractivity contribution in [2.45, 2.75) is 79.4 Å². The number of nitrogens with one attached hydrogen (secondary N) is 2. The molecule has 0 spiro atoms. The standard InChI is InChI=1S/C25H34N8O3/c1-6-7-10-31-23-21(24(35)30-25(31)36)32(14-15(2)3)19(29-23)8-9-20(34)28-18-11-17-12-27-33(16(4)5)22(17)26-13-18/h11-13,15-16H,6-10,14H2,1-5H3,(H,28,34)(H,30,35,36). The fourth-order valence-corrected chi connectivity index (χ4v) is 4.33. The van der Waals surface area contributed by atoms with Crippen LogP contribution in [0.3, 0.4) is 0 Å². The van der Waals surface area contributed by atoms with Crippen molar-refractivity contribution >= 4 is 33.8 Å². The third kappa shape index (κ3) is 5.09. The Kier molecular flexibility index (Phi) is 7.37. The molecule has 0 saturated carbocycles. The summed E-state index contributed by atoms with van der Waals surface area (Å²) in [6, 6.07) is 2.04. The molecule has 0 fully saturated rings. The number of amides is 1. The molecule has 11 heteroatoms. The first-order chi connectivity index (χ1) is 17.2. The van der Waals surface area contributed by atoms with E-state index in [1.54, 1.807) is 12.4 Å². The van der Waals surface area contributed by atoms with Gasteiger partial charge < -0.3 is 9.88 Å². The van der Waals surface area contributed by atoms with Gasteiger partial charge in [-0.3, -0.25) is 19.1 Å². The number of aromatic amines is 1. The van der Waals surface area contributed by atoms with E-state index in [0.717, 1.165) is 23.9 Å². The highest BCUT2D eigenvalue weighted by molar-refractivity contribution is 5.92. The van der Waals surface area contributed by atoms with E-state index in [-0.39, 0.29) is 24.3 Å². The van der Waals surface area contributed by atoms with Gasteiger partial charge in [0.25, 0.3) is 5.56 Å². The van der Waals surface area contributed by atoms with E-state index in [4.69, 9.17) is 0 Å². The van der Waals surface area contributed by atoms with Gasteiger partial charge in [0.1, 0.15) is 5.82 Å². The molecular formula is C25H34N8O3. The molecule has 1 amide bonds. The number of nitrogens with zero attached hydrogens (tertiary/aromatic N) is 6. The lowest BCUT2D eigenvalue weighted by Crippen LogP contribution is -2.31. The molecule has 0 atom stereocenters. The predicted octanol–water partition coefficient (Wildman–Crippen LogP) is 3.24. The second kappa shape index (κ2) is 10.5. The number of aryl methyl sites for hydroxylation is 2. The minimum Gasteiger partial charge on any atom is -0.325 e. The first kappa shape index (κ1) is 25.3. The lowest BCUT2D eigenvalue weighted by atomic mass is 10.2. The van der Waals surface area contributed by atoms with Crippen LogP contribution in [0.1, 0.15) is 65.7 Å². The largest absolute Gasteiger partial charge is 0.330 e. The second-order valence-corrected chi connectivity index (χ2v) is 9.84. The molecule has 11 nitrogen and oxygen atoms in total. The maximum Gasteiger partial charge on any atom is 0.330 e. The van der Waals surface area contributed by atoms with Gasteiger partial charge in [-0.25, -0.2) is 19.4 Å². The molecule has 4 aromatic heterocycles. The van der Waals surface area contributed by atoms with Crippen molar-refractivity contribution in [1.82, 2.24) is 33.9 Å². The first-order valence-corrected chi connectivity index (χ1v) is 12.5. The smallest absolute Gasteiger partial charge is 0.325 e. The molecule has 4 aromatic rings. The van der Waals surface area contributed by atoms with Crippen LogP contribution >= 0.6 is 0 Å². The molecule has 192 valence electrons. The lowest BCUT2D eigenvalue weighted by molar-refractivity contribution is -0.116. The van der Waals surface area contributed by atoms with Gasteiger partial charge in [-0.1, -0.05) is 27.2 Å². The monoisotopic (exact) mass is 494 g/mol. The van der Waals surface area contributed by atoms with Crippen molar-refractivity contribution < 1.29 is 4.79 Å². The zero-order valence-electron chi connectivity index (χ0n) is 21.5. The third-order valence-electron chi connectivity index (χ3n) is 6.03. The van der Waals surface area contributed by atoms with E-state index < -0.39 is 11.2 Å². The van der Waals surface area contributed by atoms with Gasteiger partial charge in [-0.2, -0.15) is 5.10 Å². The summed E-state index contributed by atoms with van der Waals surface area (Å²) in [5, 5.41) is 8.11. The number of hydrogen-bond donors (Lipinski definition) is 2. The number of pyridine rings is 1. The second-order valence-electron chi connectivity index (χ2n) is 9.84. The summed E-state index contributed by atoms with van der Waals surface area (Å²) in [6.45, 7) is 11.2. The summed E-state index contributed by atoms with van der Waals surface area (Å²) < 4.78 is 5.21. The van der Waals surface area contributed by atoms with Crippen molar-refractivity contribution in [3.63, 3.8) is 0 Å². The quantitative estimate of drug-likeness (QED) is 0.348. The van der Waals surface area contributed by atoms with Crippen LogP contribution in [0.2, 0.25) is 0 Å². The Morgan fingerprint density at radius 3 is 2.58 bits per heavy atom. The number of unbranched alkanes of at least 4 members (excludes halogenated alkanes) is 1. The summed E-state index contributed by atoms with van der Waals surface area (Å²) in [4.78, 5) is 49.6. The molecule has 0 aliphatic carbocycles. The number of hydrogen-bond acceptors (Lipinski definition) is 6. The number of H-pyrrole nitrogens is 1. The number of fused-ring (bicyclic) bond motifs is 2. The fraction of sp³-hybridized carbons (Fsp3) is 0.520. The molecule has 2 N–H and O–H groups in total. The topological polar surface area (TPSA) is 132 Å². The number of carbonyl (C=O) groups excluding carboxylic acids is 1. The Morgan fingerprint density at radius 1 is 1.11 bits per heavy atom. The summed E-state index contributed by atoms with van der Waals surface area (Å²) in [6.07, 6.45) is 5.57. The summed E-state index contributed by atoms with van der Waals surface area (Å²) >= 11 is 0. The fourth-order valence-electron chi connectivity index (χ4n) is 4.33. The Labute approximate surface area is 208 Å². The van der Waals surface area contributed by atoms with Crippen LogP contribution in [-0.4, -0.2) is 39.8 Å². The van der Waals surface area contributed by atoms with Gasteiger partial charge in [0.15, 0.2) is 16.8 Å². The molecule has 0 aromatic carbocycles. The van der Waals surface area contributed by atoms with Crippen molar-refractivity contribution in [1.29, 1.82) is 0 Å². The molecule has 0 bridgehead atoms. The van der Waals surface area contributed by atoms with Crippen molar-refractivity contribution in [3.05, 3.63) is 45.1 Å². The zero-order chi connectivity index (χ0) is 26.0. The van der Waals surface area contributed by atoms with Crippen molar-refractivity contribution in [3.8, 4) is 0 Å². The van der Waals surface area contributed by atoms with E-state index in [2.05, 4.69) is 25.4 Å². The van der Waals surface area contributed by atoms with Gasteiger partial charge in [-0.05, 0) is 32.3 Å². The lowest BCUT2D eigenvalue weighted by Gasteiger charge is -2.12. The number of aromatic nitrogens is 7. The average molecular weight is 495 g/mol. The van der Waals surface area contributed by atoms with Crippen LogP contribution < -0.4 is 16.6 Å². The Hall–Kier alpha value is -3.76. The van der Waals surface area contributed by atoms with Crippen LogP contribution in [0.25, 0.3) is 22.2 Å². The van der Waals surface area contributed by atoms with Crippen LogP contribution in [0.15, 0.2) is 28.0 Å². The molecule has 4 rings (SSSR count). The van der Waals surface area contributed by atoms with Crippen molar-refractivity contribution in [2.24, 2.45) is 5.92 Å². The highest BCUT2D eigenvalue weighted by Crippen LogP contribution is 2.20. The SMILES string of the molecule is CCCCn1c(=O)[nH]c(=O)c2c1nc(CCC(=O)Nc1cnc3c(cnn3C(C)C)c1)n2CC(C)C. The summed E-state index contributed by atoms with van der Waals surface area (Å²) in [5.74, 6) is 0.671. The minimum atomic E-state index is -0.455. The molecule has 0 aliphatic heterocycles. The summed E-state index contributed by atoms with van der Waals surface area (Å²) in [7, 11) is 0. The number of rotatable bonds is 10. The Morgan fingerprint density at radius 2 is 1.89 bits per heavy atom. The van der Waals surface area contributed by atoms with E-state index in [9.17, 15) is 14.4 Å². The van der Waals surface area contributed by atoms with Crippen LogP contribution in [0.4, 0.5) is 5.69 Å². The molecule has 0 aliphatic rings. The van der Waals surface area contributed by atoms with Gasteiger partial charge >= 0.3 is 5.69 Å². The first-order valence-electron chi connectivity index (χ1n) is 12.5. The highest BCUT2D eigenvalue weighted by atomic mass is 16.2. The van der Waals surface area contributed by atoms with Crippen molar-refractivity contribution in [2.75, 3.05) is 5.32 Å². The van der Waals surface area contributed by atoms with Gasteiger partial charge in [0.2, 0.25) is 5.91 Å². The maximum absolute atomic E-state index is 12.8. The normalized spacial score (nSPS) is 11.9.